The second-order valence-electron chi connectivity index (χ2n) is 3.86. The first kappa shape index (κ1) is 14.0. The summed E-state index contributed by atoms with van der Waals surface area (Å²) in [5.41, 5.74) is 11.9. The van der Waals surface area contributed by atoms with Gasteiger partial charge < -0.3 is 22.1 Å². The maximum absolute atomic E-state index is 11.4. The molecule has 0 unspecified atom stereocenters. The minimum absolute atomic E-state index is 0.0524. The van der Waals surface area contributed by atoms with Gasteiger partial charge in [0.2, 0.25) is 5.91 Å². The predicted molar refractivity (Wildman–Crippen MR) is 69.8 cm³/mol. The lowest BCUT2D eigenvalue weighted by atomic mass is 10.2. The van der Waals surface area contributed by atoms with E-state index >= 15 is 0 Å². The van der Waals surface area contributed by atoms with Gasteiger partial charge in [-0.25, -0.2) is 4.79 Å². The number of primary amides is 1. The molecule has 0 aliphatic heterocycles. The van der Waals surface area contributed by atoms with Crippen LogP contribution in [0.3, 0.4) is 0 Å². The summed E-state index contributed by atoms with van der Waals surface area (Å²) in [7, 11) is 0. The van der Waals surface area contributed by atoms with Crippen LogP contribution in [-0.2, 0) is 11.3 Å². The average molecular weight is 250 g/mol. The molecule has 0 aliphatic rings. The molecule has 0 spiro atoms. The van der Waals surface area contributed by atoms with Crippen molar-refractivity contribution in [3.05, 3.63) is 29.8 Å². The van der Waals surface area contributed by atoms with Crippen molar-refractivity contribution in [3.63, 3.8) is 0 Å². The van der Waals surface area contributed by atoms with Gasteiger partial charge in [-0.3, -0.25) is 4.79 Å². The SMILES string of the molecule is NCCCC(=O)Nc1ccc(CNC(N)=O)cc1. The largest absolute Gasteiger partial charge is 0.352 e. The van der Waals surface area contributed by atoms with Crippen LogP contribution >= 0.6 is 0 Å². The Balaban J connectivity index is 2.44. The molecule has 1 aromatic carbocycles. The van der Waals surface area contributed by atoms with Crippen molar-refractivity contribution < 1.29 is 9.59 Å². The Bertz CT molecular complexity index is 403. The molecule has 0 bridgehead atoms. The number of nitrogens with two attached hydrogens (primary N) is 2. The van der Waals surface area contributed by atoms with E-state index in [2.05, 4.69) is 10.6 Å². The third-order valence-corrected chi connectivity index (χ3v) is 2.31. The van der Waals surface area contributed by atoms with Crippen LogP contribution in [0.2, 0.25) is 0 Å². The van der Waals surface area contributed by atoms with E-state index in [9.17, 15) is 9.59 Å². The minimum atomic E-state index is -0.561. The smallest absolute Gasteiger partial charge is 0.312 e. The van der Waals surface area contributed by atoms with Crippen molar-refractivity contribution in [1.29, 1.82) is 0 Å². The molecule has 6 nitrogen and oxygen atoms in total. The molecule has 0 radical (unpaired) electrons. The number of hydrogen-bond acceptors (Lipinski definition) is 3. The molecule has 3 amide bonds. The molecule has 18 heavy (non-hydrogen) atoms. The maximum atomic E-state index is 11.4. The molecule has 0 heterocycles. The summed E-state index contributed by atoms with van der Waals surface area (Å²) in [4.78, 5) is 22.0. The fourth-order valence-corrected chi connectivity index (χ4v) is 1.38. The fraction of sp³-hybridized carbons (Fsp3) is 0.333. The predicted octanol–water partition coefficient (Wildman–Crippen LogP) is 0.532. The Labute approximate surface area is 106 Å². The lowest BCUT2D eigenvalue weighted by Gasteiger charge is -2.06. The van der Waals surface area contributed by atoms with Gasteiger partial charge in [0.05, 0.1) is 0 Å². The van der Waals surface area contributed by atoms with Gasteiger partial charge in [-0.1, -0.05) is 12.1 Å². The van der Waals surface area contributed by atoms with Gasteiger partial charge in [-0.05, 0) is 30.7 Å². The molecular formula is C12H18N4O2. The first-order valence-corrected chi connectivity index (χ1v) is 5.74. The first-order valence-electron chi connectivity index (χ1n) is 5.74. The zero-order chi connectivity index (χ0) is 13.4. The summed E-state index contributed by atoms with van der Waals surface area (Å²) >= 11 is 0. The highest BCUT2D eigenvalue weighted by molar-refractivity contribution is 5.90. The number of nitrogens with one attached hydrogen (secondary N) is 2. The molecular weight excluding hydrogens is 232 g/mol. The second-order valence-corrected chi connectivity index (χ2v) is 3.86. The lowest BCUT2D eigenvalue weighted by molar-refractivity contribution is -0.116. The molecule has 6 N–H and O–H groups in total. The van der Waals surface area contributed by atoms with Crippen LogP contribution in [0.4, 0.5) is 10.5 Å². The Hall–Kier alpha value is -2.08. The monoisotopic (exact) mass is 250 g/mol. The van der Waals surface area contributed by atoms with Crippen LogP contribution < -0.4 is 22.1 Å². The topological polar surface area (TPSA) is 110 Å². The number of benzene rings is 1. The van der Waals surface area contributed by atoms with Crippen molar-refractivity contribution in [2.24, 2.45) is 11.5 Å². The van der Waals surface area contributed by atoms with Crippen molar-refractivity contribution in [2.45, 2.75) is 19.4 Å². The van der Waals surface area contributed by atoms with Crippen molar-refractivity contribution in [3.8, 4) is 0 Å². The molecule has 6 heteroatoms. The van der Waals surface area contributed by atoms with Crippen LogP contribution in [0, 0.1) is 0 Å². The molecule has 98 valence electrons. The summed E-state index contributed by atoms with van der Waals surface area (Å²) in [6.07, 6.45) is 1.09. The highest BCUT2D eigenvalue weighted by Crippen LogP contribution is 2.10. The average Bonchev–Trinajstić information content (AvgIpc) is 2.35. The Morgan fingerprint density at radius 1 is 1.17 bits per heavy atom. The normalized spacial score (nSPS) is 9.83. The third-order valence-electron chi connectivity index (χ3n) is 2.31. The van der Waals surface area contributed by atoms with Crippen molar-refractivity contribution >= 4 is 17.6 Å². The Morgan fingerprint density at radius 3 is 2.39 bits per heavy atom. The van der Waals surface area contributed by atoms with Crippen molar-refractivity contribution in [1.82, 2.24) is 5.32 Å². The van der Waals surface area contributed by atoms with Gasteiger partial charge in [-0.15, -0.1) is 0 Å². The van der Waals surface area contributed by atoms with E-state index < -0.39 is 6.03 Å². The molecule has 0 saturated carbocycles. The van der Waals surface area contributed by atoms with E-state index in [1.165, 1.54) is 0 Å². The number of carbonyl (C=O) groups is 2. The standard InChI is InChI=1S/C12H18N4O2/c13-7-1-2-11(17)16-10-5-3-9(4-6-10)8-15-12(14)18/h3-6H,1-2,7-8,13H2,(H,16,17)(H3,14,15,18). The highest BCUT2D eigenvalue weighted by Gasteiger charge is 2.01. The number of urea groups is 1. The Kier molecular flexibility index (Phi) is 5.66. The van der Waals surface area contributed by atoms with Crippen LogP contribution in [0.1, 0.15) is 18.4 Å². The summed E-state index contributed by atoms with van der Waals surface area (Å²) in [6, 6.07) is 6.62. The van der Waals surface area contributed by atoms with Gasteiger partial charge in [0.25, 0.3) is 0 Å². The molecule has 1 aromatic rings. The summed E-state index contributed by atoms with van der Waals surface area (Å²) in [5, 5.41) is 5.25. The molecule has 0 aromatic heterocycles. The van der Waals surface area contributed by atoms with Gasteiger partial charge >= 0.3 is 6.03 Å². The second kappa shape index (κ2) is 7.29. The maximum Gasteiger partial charge on any atom is 0.312 e. The number of hydrogen-bond donors (Lipinski definition) is 4. The van der Waals surface area contributed by atoms with Gasteiger partial charge in [-0.2, -0.15) is 0 Å². The number of carbonyl (C=O) groups excluding carboxylic acids is 2. The zero-order valence-electron chi connectivity index (χ0n) is 10.1. The van der Waals surface area contributed by atoms with E-state index in [0.717, 1.165) is 11.3 Å². The Morgan fingerprint density at radius 2 is 1.83 bits per heavy atom. The molecule has 0 aliphatic carbocycles. The van der Waals surface area contributed by atoms with Crippen LogP contribution in [0.25, 0.3) is 0 Å². The quantitative estimate of drug-likeness (QED) is 0.591. The van der Waals surface area contributed by atoms with Gasteiger partial charge in [0.1, 0.15) is 0 Å². The zero-order valence-corrected chi connectivity index (χ0v) is 10.1. The van der Waals surface area contributed by atoms with E-state index in [1.807, 2.05) is 12.1 Å². The first-order chi connectivity index (χ1) is 8.61. The van der Waals surface area contributed by atoms with Gasteiger partial charge in [0.15, 0.2) is 0 Å². The third kappa shape index (κ3) is 5.31. The van der Waals surface area contributed by atoms with E-state index in [-0.39, 0.29) is 5.91 Å². The van der Waals surface area contributed by atoms with Crippen LogP contribution in [-0.4, -0.2) is 18.5 Å². The summed E-state index contributed by atoms with van der Waals surface area (Å²) in [5.74, 6) is -0.0524. The minimum Gasteiger partial charge on any atom is -0.352 e. The molecule has 1 rings (SSSR count). The van der Waals surface area contributed by atoms with Crippen LogP contribution in [0.15, 0.2) is 24.3 Å². The number of rotatable bonds is 6. The van der Waals surface area contributed by atoms with E-state index in [4.69, 9.17) is 11.5 Å². The number of amides is 3. The van der Waals surface area contributed by atoms with Crippen LogP contribution in [0.5, 0.6) is 0 Å². The van der Waals surface area contributed by atoms with Crippen molar-refractivity contribution in [2.75, 3.05) is 11.9 Å². The molecule has 0 saturated heterocycles. The van der Waals surface area contributed by atoms with Gasteiger partial charge in [0, 0.05) is 18.7 Å². The summed E-state index contributed by atoms with van der Waals surface area (Å²) < 4.78 is 0. The highest BCUT2D eigenvalue weighted by atomic mass is 16.2. The number of anilines is 1. The molecule has 0 atom stereocenters. The molecule has 0 fully saturated rings. The van der Waals surface area contributed by atoms with E-state index in [0.29, 0.717) is 25.9 Å². The fourth-order valence-electron chi connectivity index (χ4n) is 1.38. The summed E-state index contributed by atoms with van der Waals surface area (Å²) in [6.45, 7) is 0.877. The lowest BCUT2D eigenvalue weighted by Crippen LogP contribution is -2.28. The van der Waals surface area contributed by atoms with E-state index in [1.54, 1.807) is 12.1 Å².